The fourth-order valence-electron chi connectivity index (χ4n) is 4.32. The molecular weight excluding hydrogens is 438 g/mol. The Kier molecular flexibility index (Phi) is 9.59. The molecule has 0 amide bonds. The fourth-order valence-corrected chi connectivity index (χ4v) is 4.32. The van der Waals surface area contributed by atoms with Gasteiger partial charge in [0.25, 0.3) is 0 Å². The summed E-state index contributed by atoms with van der Waals surface area (Å²) in [6.45, 7) is 2.30. The van der Waals surface area contributed by atoms with Crippen molar-refractivity contribution in [1.82, 2.24) is 0 Å². The van der Waals surface area contributed by atoms with E-state index in [1.54, 1.807) is 0 Å². The van der Waals surface area contributed by atoms with E-state index in [9.17, 15) is 0 Å². The number of allylic oxidation sites excluding steroid dienone is 2. The first-order valence-electron chi connectivity index (χ1n) is 8.92. The molecule has 4 rings (SSSR count). The third kappa shape index (κ3) is 4.44. The molecule has 0 radical (unpaired) electrons. The van der Waals surface area contributed by atoms with Gasteiger partial charge in [-0.25, -0.2) is 0 Å². The molecule has 0 saturated carbocycles. The van der Waals surface area contributed by atoms with Gasteiger partial charge in [0.15, 0.2) is 0 Å². The van der Waals surface area contributed by atoms with Crippen LogP contribution < -0.4 is 0 Å². The van der Waals surface area contributed by atoms with E-state index in [1.807, 2.05) is 0 Å². The van der Waals surface area contributed by atoms with E-state index in [-0.39, 0.29) is 51.0 Å². The van der Waals surface area contributed by atoms with Gasteiger partial charge >= 0.3 is 0 Å². The van der Waals surface area contributed by atoms with Gasteiger partial charge < -0.3 is 0 Å². The molecule has 2 aliphatic carbocycles. The van der Waals surface area contributed by atoms with Gasteiger partial charge in [-0.05, 0) is 34.6 Å². The van der Waals surface area contributed by atoms with E-state index in [0.717, 1.165) is 0 Å². The van der Waals surface area contributed by atoms with Gasteiger partial charge in [-0.2, -0.15) is 0 Å². The Morgan fingerprint density at radius 1 is 0.769 bits per heavy atom. The van der Waals surface area contributed by atoms with Gasteiger partial charge in [-0.15, -0.1) is 24.8 Å². The molecule has 0 aliphatic heterocycles. The maximum absolute atomic E-state index is 2.44. The fraction of sp³-hybridized carbons (Fsp3) is 0.304. The second-order valence-corrected chi connectivity index (χ2v) is 6.83. The molecule has 0 aromatic heterocycles. The van der Waals surface area contributed by atoms with Gasteiger partial charge in [0.1, 0.15) is 0 Å². The molecule has 3 heteroatoms. The average molecular weight is 465 g/mol. The van der Waals surface area contributed by atoms with E-state index in [2.05, 4.69) is 79.8 Å². The van der Waals surface area contributed by atoms with Gasteiger partial charge in [0, 0.05) is 38.0 Å². The Labute approximate surface area is 189 Å². The van der Waals surface area contributed by atoms with Crippen LogP contribution in [0, 0.1) is 5.92 Å². The van der Waals surface area contributed by atoms with E-state index in [0.29, 0.717) is 17.8 Å². The summed E-state index contributed by atoms with van der Waals surface area (Å²) in [7, 11) is 0. The van der Waals surface area contributed by atoms with E-state index in [1.165, 1.54) is 41.5 Å². The Hall–Kier alpha value is -0.617. The number of fused-ring (bicyclic) bond motifs is 2. The van der Waals surface area contributed by atoms with Gasteiger partial charge in [0.2, 0.25) is 0 Å². The van der Waals surface area contributed by atoms with Crippen molar-refractivity contribution in [3.05, 3.63) is 82.9 Å². The summed E-state index contributed by atoms with van der Waals surface area (Å²) >= 11 is 0. The third-order valence-electron chi connectivity index (χ3n) is 5.49. The second kappa shape index (κ2) is 10.6. The maximum Gasteiger partial charge on any atom is 0.00643 e. The van der Waals surface area contributed by atoms with Crippen molar-refractivity contribution in [3.8, 4) is 0 Å². The monoisotopic (exact) mass is 462 g/mol. The first kappa shape index (κ1) is 23.4. The minimum absolute atomic E-state index is 0. The van der Waals surface area contributed by atoms with Gasteiger partial charge in [-0.1, -0.05) is 92.6 Å². The summed E-state index contributed by atoms with van der Waals surface area (Å²) in [5.41, 5.74) is 5.86. The Morgan fingerprint density at radius 2 is 1.23 bits per heavy atom. The predicted molar refractivity (Wildman–Crippen MR) is 114 cm³/mol. The molecule has 2 aromatic carbocycles. The summed E-state index contributed by atoms with van der Waals surface area (Å²) in [5.74, 6) is 1.77. The SMILES string of the molecule is CCCCC(C1C=Cc2ccccc21)C1C=Cc2ccccc21.Cl.Cl.[Zr]. The summed E-state index contributed by atoms with van der Waals surface area (Å²) in [5, 5.41) is 0. The van der Waals surface area contributed by atoms with E-state index < -0.39 is 0 Å². The molecule has 2 aliphatic rings. The topological polar surface area (TPSA) is 0 Å². The van der Waals surface area contributed by atoms with Crippen molar-refractivity contribution in [2.45, 2.75) is 38.0 Å². The van der Waals surface area contributed by atoms with Crippen molar-refractivity contribution in [2.75, 3.05) is 0 Å². The number of benzene rings is 2. The zero-order valence-electron chi connectivity index (χ0n) is 15.1. The zero-order valence-corrected chi connectivity index (χ0v) is 19.2. The van der Waals surface area contributed by atoms with Crippen LogP contribution in [0.4, 0.5) is 0 Å². The number of unbranched alkanes of at least 4 members (excludes halogenated alkanes) is 1. The van der Waals surface area contributed by atoms with Crippen LogP contribution >= 0.6 is 24.8 Å². The van der Waals surface area contributed by atoms with Gasteiger partial charge in [0.05, 0.1) is 0 Å². The summed E-state index contributed by atoms with van der Waals surface area (Å²) in [4.78, 5) is 0. The Balaban J connectivity index is 0.00000113. The summed E-state index contributed by atoms with van der Waals surface area (Å²) in [6.07, 6.45) is 13.4. The second-order valence-electron chi connectivity index (χ2n) is 6.83. The van der Waals surface area contributed by atoms with Gasteiger partial charge in [-0.3, -0.25) is 0 Å². The standard InChI is InChI=1S/C23H24.2ClH.Zr/c1-2-3-10-21(22-15-13-17-8-4-6-11-19(17)22)23-16-14-18-9-5-7-12-20(18)23;;;/h4-9,11-16,21-23H,2-3,10H2,1H3;2*1H;. The molecule has 2 aromatic rings. The van der Waals surface area contributed by atoms with E-state index >= 15 is 0 Å². The number of halogens is 2. The molecule has 0 saturated heterocycles. The van der Waals surface area contributed by atoms with Crippen molar-refractivity contribution in [1.29, 1.82) is 0 Å². The van der Waals surface area contributed by atoms with Crippen LogP contribution in [-0.4, -0.2) is 0 Å². The van der Waals surface area contributed by atoms with Crippen LogP contribution in [0.3, 0.4) is 0 Å². The van der Waals surface area contributed by atoms with E-state index in [4.69, 9.17) is 0 Å². The number of hydrogen-bond donors (Lipinski definition) is 0. The third-order valence-corrected chi connectivity index (χ3v) is 5.49. The molecule has 26 heavy (non-hydrogen) atoms. The molecule has 136 valence electrons. The normalized spacial score (nSPS) is 19.6. The van der Waals surface area contributed by atoms with Crippen LogP contribution in [-0.2, 0) is 26.2 Å². The summed E-state index contributed by atoms with van der Waals surface area (Å²) in [6, 6.07) is 17.8. The van der Waals surface area contributed by atoms with Crippen LogP contribution in [0.15, 0.2) is 60.7 Å². The van der Waals surface area contributed by atoms with Crippen molar-refractivity contribution in [3.63, 3.8) is 0 Å². The first-order valence-corrected chi connectivity index (χ1v) is 8.92. The first-order chi connectivity index (χ1) is 11.4. The minimum Gasteiger partial charge on any atom is -0.147 e. The molecular formula is C23H26Cl2Zr. The average Bonchev–Trinajstić information content (AvgIpc) is 3.21. The quantitative estimate of drug-likeness (QED) is 0.437. The number of hydrogen-bond acceptors (Lipinski definition) is 0. The van der Waals surface area contributed by atoms with Crippen LogP contribution in [0.5, 0.6) is 0 Å². The van der Waals surface area contributed by atoms with Crippen molar-refractivity contribution >= 4 is 37.0 Å². The smallest absolute Gasteiger partial charge is 0.00643 e. The minimum atomic E-state index is 0. The molecule has 0 heterocycles. The molecule has 0 N–H and O–H groups in total. The largest absolute Gasteiger partial charge is 0.147 e. The molecule has 0 fully saturated rings. The molecule has 2 atom stereocenters. The maximum atomic E-state index is 2.44. The number of rotatable bonds is 5. The summed E-state index contributed by atoms with van der Waals surface area (Å²) < 4.78 is 0. The van der Waals surface area contributed by atoms with Crippen LogP contribution in [0.25, 0.3) is 12.2 Å². The molecule has 0 bridgehead atoms. The van der Waals surface area contributed by atoms with Crippen LogP contribution in [0.2, 0.25) is 0 Å². The molecule has 2 unspecified atom stereocenters. The van der Waals surface area contributed by atoms with Crippen molar-refractivity contribution < 1.29 is 26.2 Å². The predicted octanol–water partition coefficient (Wildman–Crippen LogP) is 7.26. The Bertz CT molecular complexity index is 705. The molecule has 0 nitrogen and oxygen atoms in total. The Morgan fingerprint density at radius 3 is 1.69 bits per heavy atom. The zero-order chi connectivity index (χ0) is 15.6. The molecule has 0 spiro atoms. The van der Waals surface area contributed by atoms with Crippen molar-refractivity contribution in [2.24, 2.45) is 5.92 Å². The van der Waals surface area contributed by atoms with Crippen LogP contribution in [0.1, 0.15) is 60.3 Å².